The lowest BCUT2D eigenvalue weighted by atomic mass is 10.0. The highest BCUT2D eigenvalue weighted by atomic mass is 79.9. The average Bonchev–Trinajstić information content (AvgIpc) is 3.23. The molecule has 0 aliphatic rings. The van der Waals surface area contributed by atoms with Crippen LogP contribution in [0.2, 0.25) is 0 Å². The van der Waals surface area contributed by atoms with Gasteiger partial charge >= 0.3 is 0 Å². The maximum atomic E-state index is 12.7. The van der Waals surface area contributed by atoms with Gasteiger partial charge in [0.1, 0.15) is 0 Å². The van der Waals surface area contributed by atoms with Crippen LogP contribution in [0.15, 0.2) is 52.1 Å². The van der Waals surface area contributed by atoms with E-state index in [1.807, 2.05) is 54.0 Å². The Kier molecular flexibility index (Phi) is 9.02. The Balaban J connectivity index is 1.72. The van der Waals surface area contributed by atoms with Gasteiger partial charge in [-0.25, -0.2) is 0 Å². The van der Waals surface area contributed by atoms with Gasteiger partial charge < -0.3 is 19.4 Å². The minimum absolute atomic E-state index is 0.0904. The third-order valence-electron chi connectivity index (χ3n) is 5.19. The summed E-state index contributed by atoms with van der Waals surface area (Å²) < 4.78 is 14.5. The molecule has 1 amide bonds. The van der Waals surface area contributed by atoms with Crippen molar-refractivity contribution in [3.05, 3.63) is 58.3 Å². The van der Waals surface area contributed by atoms with Gasteiger partial charge in [-0.1, -0.05) is 53.7 Å². The van der Waals surface area contributed by atoms with Crippen LogP contribution in [0.25, 0.3) is 0 Å². The lowest BCUT2D eigenvalue weighted by Crippen LogP contribution is -2.17. The van der Waals surface area contributed by atoms with Gasteiger partial charge in [-0.3, -0.25) is 4.79 Å². The van der Waals surface area contributed by atoms with Crippen molar-refractivity contribution in [1.29, 1.82) is 0 Å². The first-order valence-corrected chi connectivity index (χ1v) is 13.0. The van der Waals surface area contributed by atoms with Crippen molar-refractivity contribution < 1.29 is 14.3 Å². The zero-order valence-electron chi connectivity index (χ0n) is 20.3. The van der Waals surface area contributed by atoms with Gasteiger partial charge in [-0.2, -0.15) is 0 Å². The second kappa shape index (κ2) is 11.8. The average molecular weight is 548 g/mol. The summed E-state index contributed by atoms with van der Waals surface area (Å²) in [6.07, 6.45) is -0.356. The molecule has 0 radical (unpaired) electrons. The molecule has 9 heteroatoms. The van der Waals surface area contributed by atoms with Gasteiger partial charge in [0.2, 0.25) is 5.91 Å². The van der Waals surface area contributed by atoms with Crippen molar-refractivity contribution in [2.45, 2.75) is 57.8 Å². The molecule has 1 unspecified atom stereocenters. The fourth-order valence-corrected chi connectivity index (χ4v) is 4.80. The Morgan fingerprint density at radius 3 is 2.44 bits per heavy atom. The summed E-state index contributed by atoms with van der Waals surface area (Å²) in [5.41, 5.74) is 1.91. The number of halogens is 1. The first-order chi connectivity index (χ1) is 16.2. The zero-order valence-corrected chi connectivity index (χ0v) is 22.7. The molecule has 2 aromatic carbocycles. The molecule has 0 fully saturated rings. The molecule has 34 heavy (non-hydrogen) atoms. The molecule has 3 aromatic rings. The lowest BCUT2D eigenvalue weighted by Gasteiger charge is -2.20. The summed E-state index contributed by atoms with van der Waals surface area (Å²) in [5, 5.41) is 12.5. The molecular formula is C25H31BrN4O3S. The van der Waals surface area contributed by atoms with Gasteiger partial charge in [-0.15, -0.1) is 10.2 Å². The Bertz CT molecular complexity index is 1130. The standard InChI is InChI=1S/C25H31BrN4O3S/c1-15(2)19-13-18(26)11-12-20(19)27-23(31)14-34-25-29-28-24(30(25)16(3)4)17(5)33-22-10-8-7-9-21(22)32-6/h7-13,15-17H,14H2,1-6H3,(H,27,31). The number of amides is 1. The lowest BCUT2D eigenvalue weighted by molar-refractivity contribution is -0.113. The number of benzene rings is 2. The number of nitrogens with zero attached hydrogens (tertiary/aromatic N) is 3. The van der Waals surface area contributed by atoms with Crippen LogP contribution in [0, 0.1) is 0 Å². The van der Waals surface area contributed by atoms with Crippen LogP contribution in [0.4, 0.5) is 5.69 Å². The van der Waals surface area contributed by atoms with Crippen molar-refractivity contribution in [2.75, 3.05) is 18.2 Å². The number of hydrogen-bond acceptors (Lipinski definition) is 6. The number of anilines is 1. The molecule has 0 aliphatic carbocycles. The number of hydrogen-bond donors (Lipinski definition) is 1. The highest BCUT2D eigenvalue weighted by molar-refractivity contribution is 9.10. The van der Waals surface area contributed by atoms with Crippen molar-refractivity contribution in [3.8, 4) is 11.5 Å². The summed E-state index contributed by atoms with van der Waals surface area (Å²) in [6.45, 7) is 10.3. The summed E-state index contributed by atoms with van der Waals surface area (Å²) >= 11 is 4.86. The molecule has 0 spiro atoms. The molecule has 0 saturated heterocycles. The number of thioether (sulfide) groups is 1. The third kappa shape index (κ3) is 6.33. The third-order valence-corrected chi connectivity index (χ3v) is 6.62. The van der Waals surface area contributed by atoms with Gasteiger partial charge in [0.05, 0.1) is 12.9 Å². The fraction of sp³-hybridized carbons (Fsp3) is 0.400. The van der Waals surface area contributed by atoms with E-state index < -0.39 is 0 Å². The molecule has 7 nitrogen and oxygen atoms in total. The van der Waals surface area contributed by atoms with Crippen LogP contribution in [-0.2, 0) is 4.79 Å². The van der Waals surface area contributed by atoms with Crippen LogP contribution in [0.3, 0.4) is 0 Å². The number of carbonyl (C=O) groups excluding carboxylic acids is 1. The topological polar surface area (TPSA) is 78.3 Å². The summed E-state index contributed by atoms with van der Waals surface area (Å²) in [6, 6.07) is 13.5. The SMILES string of the molecule is COc1ccccc1OC(C)c1nnc(SCC(=O)Nc2ccc(Br)cc2C(C)C)n1C(C)C. The van der Waals surface area contributed by atoms with Crippen molar-refractivity contribution >= 4 is 39.3 Å². The number of aromatic nitrogens is 3. The minimum atomic E-state index is -0.356. The number of nitrogens with one attached hydrogen (secondary N) is 1. The molecule has 0 saturated carbocycles. The highest BCUT2D eigenvalue weighted by Crippen LogP contribution is 2.32. The number of methoxy groups -OCH3 is 1. The monoisotopic (exact) mass is 546 g/mol. The van der Waals surface area contributed by atoms with Crippen molar-refractivity contribution in [3.63, 3.8) is 0 Å². The van der Waals surface area contributed by atoms with Crippen LogP contribution in [0.1, 0.15) is 64.1 Å². The second-order valence-electron chi connectivity index (χ2n) is 8.44. The molecular weight excluding hydrogens is 516 g/mol. The van der Waals surface area contributed by atoms with E-state index >= 15 is 0 Å². The molecule has 1 heterocycles. The highest BCUT2D eigenvalue weighted by Gasteiger charge is 2.23. The Morgan fingerprint density at radius 2 is 1.79 bits per heavy atom. The molecule has 3 rings (SSSR count). The molecule has 1 aromatic heterocycles. The maximum absolute atomic E-state index is 12.7. The number of ether oxygens (including phenoxy) is 2. The van der Waals surface area contributed by atoms with E-state index in [1.54, 1.807) is 7.11 Å². The molecule has 182 valence electrons. The summed E-state index contributed by atoms with van der Waals surface area (Å²) in [5.74, 6) is 2.41. The van der Waals surface area contributed by atoms with E-state index in [0.717, 1.165) is 15.7 Å². The fourth-order valence-electron chi connectivity index (χ4n) is 3.55. The van der Waals surface area contributed by atoms with Crippen LogP contribution in [0.5, 0.6) is 11.5 Å². The van der Waals surface area contributed by atoms with Crippen LogP contribution >= 0.6 is 27.7 Å². The van der Waals surface area contributed by atoms with Gasteiger partial charge in [0.25, 0.3) is 0 Å². The number of rotatable bonds is 10. The van der Waals surface area contributed by atoms with E-state index in [1.165, 1.54) is 11.8 Å². The van der Waals surface area contributed by atoms with E-state index in [9.17, 15) is 4.79 Å². The molecule has 1 N–H and O–H groups in total. The van der Waals surface area contributed by atoms with Crippen LogP contribution in [-0.4, -0.2) is 33.5 Å². The van der Waals surface area contributed by atoms with Crippen molar-refractivity contribution in [1.82, 2.24) is 14.8 Å². The molecule has 1 atom stereocenters. The Hall–Kier alpha value is -2.52. The minimum Gasteiger partial charge on any atom is -0.493 e. The molecule has 0 bridgehead atoms. The van der Waals surface area contributed by atoms with Crippen molar-refractivity contribution in [2.24, 2.45) is 0 Å². The van der Waals surface area contributed by atoms with Gasteiger partial charge in [0, 0.05) is 16.2 Å². The quantitative estimate of drug-likeness (QED) is 0.287. The van der Waals surface area contributed by atoms with E-state index in [-0.39, 0.29) is 29.7 Å². The zero-order chi connectivity index (χ0) is 24.8. The Morgan fingerprint density at radius 1 is 1.09 bits per heavy atom. The predicted octanol–water partition coefficient (Wildman–Crippen LogP) is 6.62. The Labute approximate surface area is 213 Å². The maximum Gasteiger partial charge on any atom is 0.234 e. The van der Waals surface area contributed by atoms with Gasteiger partial charge in [0.15, 0.2) is 28.6 Å². The van der Waals surface area contributed by atoms with Crippen LogP contribution < -0.4 is 14.8 Å². The van der Waals surface area contributed by atoms with E-state index in [2.05, 4.69) is 59.1 Å². The van der Waals surface area contributed by atoms with E-state index in [0.29, 0.717) is 22.5 Å². The largest absolute Gasteiger partial charge is 0.493 e. The number of carbonyl (C=O) groups is 1. The first-order valence-electron chi connectivity index (χ1n) is 11.2. The smallest absolute Gasteiger partial charge is 0.234 e. The second-order valence-corrected chi connectivity index (χ2v) is 10.3. The first kappa shape index (κ1) is 26.1. The van der Waals surface area contributed by atoms with E-state index in [4.69, 9.17) is 9.47 Å². The number of para-hydroxylation sites is 2. The summed E-state index contributed by atoms with van der Waals surface area (Å²) in [4.78, 5) is 12.7. The predicted molar refractivity (Wildman–Crippen MR) is 140 cm³/mol. The van der Waals surface area contributed by atoms with Gasteiger partial charge in [-0.05, 0) is 62.6 Å². The summed E-state index contributed by atoms with van der Waals surface area (Å²) in [7, 11) is 1.61. The normalized spacial score (nSPS) is 12.1. The molecule has 0 aliphatic heterocycles.